The number of aliphatic carboxylic acids is 2. The van der Waals surface area contributed by atoms with Crippen LogP contribution >= 0.6 is 0 Å². The quantitative estimate of drug-likeness (QED) is 0.121. The molecule has 5 aliphatic carbocycles. The number of ether oxygens (including phenoxy) is 5. The van der Waals surface area contributed by atoms with Gasteiger partial charge in [0, 0.05) is 12.0 Å². The summed E-state index contributed by atoms with van der Waals surface area (Å²) in [6.07, 6.45) is -9.25. The molecule has 0 aromatic rings. The predicted molar refractivity (Wildman–Crippen MR) is 198 cm³/mol. The van der Waals surface area contributed by atoms with Crippen molar-refractivity contribution in [2.45, 2.75) is 172 Å². The molecule has 58 heavy (non-hydrogen) atoms. The molecular formula is C42H62O16. The predicted octanol–water partition coefficient (Wildman–Crippen LogP) is 1.49. The molecule has 326 valence electrons. The van der Waals surface area contributed by atoms with Crippen molar-refractivity contribution in [1.29, 1.82) is 0 Å². The zero-order chi connectivity index (χ0) is 42.1. The molecule has 0 radical (unpaired) electrons. The van der Waals surface area contributed by atoms with Gasteiger partial charge < -0.3 is 64.5 Å². The third-order valence-electron chi connectivity index (χ3n) is 17.9. The Morgan fingerprint density at radius 3 is 2.16 bits per heavy atom. The minimum absolute atomic E-state index is 0.00375. The molecule has 16 nitrogen and oxygen atoms in total. The number of aliphatic hydroxyl groups excluding tert-OH is 6. The topological polar surface area (TPSA) is 259 Å². The van der Waals surface area contributed by atoms with Crippen molar-refractivity contribution in [1.82, 2.24) is 0 Å². The van der Waals surface area contributed by atoms with E-state index in [1.807, 2.05) is 6.08 Å². The van der Waals surface area contributed by atoms with Gasteiger partial charge in [0.15, 0.2) is 18.7 Å². The highest BCUT2D eigenvalue weighted by Crippen LogP contribution is 2.89. The Kier molecular flexibility index (Phi) is 10.5. The average molecular weight is 823 g/mol. The van der Waals surface area contributed by atoms with Crippen molar-refractivity contribution >= 4 is 17.9 Å². The van der Waals surface area contributed by atoms with Crippen LogP contribution in [0, 0.1) is 50.7 Å². The summed E-state index contributed by atoms with van der Waals surface area (Å²) in [6.45, 7) is 9.83. The number of cyclic esters (lactones) is 1. The Bertz CT molecular complexity index is 1690. The van der Waals surface area contributed by atoms with E-state index in [-0.39, 0.29) is 52.0 Å². The first-order chi connectivity index (χ1) is 27.2. The highest BCUT2D eigenvalue weighted by atomic mass is 16.8. The summed E-state index contributed by atoms with van der Waals surface area (Å²) in [5, 5.41) is 84.2. The third kappa shape index (κ3) is 5.79. The summed E-state index contributed by atoms with van der Waals surface area (Å²) < 4.78 is 29.5. The molecule has 21 atom stereocenters. The number of carboxylic acids is 2. The molecule has 8 aliphatic rings. The number of aliphatic hydroxyl groups is 6. The molecular weight excluding hydrogens is 760 g/mol. The standard InChI is InChI=1S/C42H62O16/c1-18-6-7-21(54-34(18)51)19(2)20-10-12-39(4)23-8-9-24-40(5,37(52)53)25(11-13-41(24)17-42(23,41)15-14-38(20,39)3)56-36-32(29(47)28(46)31(57-36)33(49)50)58-35-30(48)27(45)26(44)22(16-43)55-35/h6,19-32,35-36,43-48H,7-17H2,1-5H3,(H,49,50)(H,52,53)/t19-,20+,21-,22+,23-,24-,25-,26+,27-,28-,29-,30+,31-,32+,35-,36+,38+,39-,40-,41+,42-/m0/s1. The van der Waals surface area contributed by atoms with Gasteiger partial charge in [-0.3, -0.25) is 4.79 Å². The maximum absolute atomic E-state index is 13.7. The highest BCUT2D eigenvalue weighted by Gasteiger charge is 2.83. The van der Waals surface area contributed by atoms with E-state index in [9.17, 15) is 55.2 Å². The van der Waals surface area contributed by atoms with Crippen LogP contribution in [0.1, 0.15) is 98.8 Å². The van der Waals surface area contributed by atoms with Crippen LogP contribution in [0.15, 0.2) is 11.6 Å². The number of hydrogen-bond acceptors (Lipinski definition) is 14. The molecule has 5 saturated carbocycles. The molecule has 16 heteroatoms. The van der Waals surface area contributed by atoms with Crippen LogP contribution < -0.4 is 0 Å². The number of carbonyl (C=O) groups is 3. The minimum Gasteiger partial charge on any atom is -0.481 e. The fourth-order valence-corrected chi connectivity index (χ4v) is 14.5. The number of carbonyl (C=O) groups excluding carboxylic acids is 1. The molecule has 0 unspecified atom stereocenters. The fourth-order valence-electron chi connectivity index (χ4n) is 14.5. The molecule has 8 N–H and O–H groups in total. The number of fused-ring (bicyclic) bond motifs is 2. The first-order valence-electron chi connectivity index (χ1n) is 21.2. The van der Waals surface area contributed by atoms with Crippen molar-refractivity contribution in [3.05, 3.63) is 11.6 Å². The van der Waals surface area contributed by atoms with Crippen LogP contribution in [0.4, 0.5) is 0 Å². The fraction of sp³-hybridized carbons (Fsp3) is 0.881. The number of carboxylic acid groups (broad SMARTS) is 2. The zero-order valence-electron chi connectivity index (χ0n) is 33.9. The van der Waals surface area contributed by atoms with Crippen LogP contribution in [-0.2, 0) is 38.1 Å². The van der Waals surface area contributed by atoms with Gasteiger partial charge in [-0.15, -0.1) is 0 Å². The Balaban J connectivity index is 1.04. The second-order valence-corrected chi connectivity index (χ2v) is 19.9. The van der Waals surface area contributed by atoms with Gasteiger partial charge in [-0.1, -0.05) is 26.8 Å². The lowest BCUT2D eigenvalue weighted by molar-refractivity contribution is -0.373. The molecule has 3 heterocycles. The van der Waals surface area contributed by atoms with Gasteiger partial charge in [0.2, 0.25) is 0 Å². The van der Waals surface area contributed by atoms with Crippen LogP contribution in [0.2, 0.25) is 0 Å². The van der Waals surface area contributed by atoms with Gasteiger partial charge in [-0.05, 0) is 117 Å². The van der Waals surface area contributed by atoms with Gasteiger partial charge in [0.1, 0.15) is 48.8 Å². The van der Waals surface area contributed by atoms with E-state index in [2.05, 4.69) is 20.8 Å². The van der Waals surface area contributed by atoms with Crippen LogP contribution in [-0.4, -0.2) is 139 Å². The normalized spacial score (nSPS) is 54.2. The second kappa shape index (κ2) is 14.4. The number of rotatable bonds is 9. The van der Waals surface area contributed by atoms with Gasteiger partial charge in [0.25, 0.3) is 0 Å². The summed E-state index contributed by atoms with van der Waals surface area (Å²) in [5.74, 6) is -2.28. The molecule has 3 aliphatic heterocycles. The second-order valence-electron chi connectivity index (χ2n) is 19.9. The molecule has 0 bridgehead atoms. The zero-order valence-corrected chi connectivity index (χ0v) is 33.9. The van der Waals surface area contributed by atoms with Crippen LogP contribution in [0.5, 0.6) is 0 Å². The largest absolute Gasteiger partial charge is 0.481 e. The van der Waals surface area contributed by atoms with Gasteiger partial charge in [-0.2, -0.15) is 0 Å². The lowest BCUT2D eigenvalue weighted by Gasteiger charge is -2.63. The van der Waals surface area contributed by atoms with E-state index < -0.39 is 91.5 Å². The third-order valence-corrected chi connectivity index (χ3v) is 17.9. The highest BCUT2D eigenvalue weighted by molar-refractivity contribution is 5.88. The molecule has 0 aromatic carbocycles. The summed E-state index contributed by atoms with van der Waals surface area (Å²) >= 11 is 0. The van der Waals surface area contributed by atoms with Crippen LogP contribution in [0.3, 0.4) is 0 Å². The van der Waals surface area contributed by atoms with Crippen molar-refractivity contribution < 1.29 is 78.9 Å². The minimum atomic E-state index is -2.04. The Morgan fingerprint density at radius 2 is 1.50 bits per heavy atom. The van der Waals surface area contributed by atoms with Crippen molar-refractivity contribution in [2.24, 2.45) is 50.7 Å². The van der Waals surface area contributed by atoms with Crippen molar-refractivity contribution in [2.75, 3.05) is 6.61 Å². The number of esters is 1. The molecule has 7 fully saturated rings. The lowest BCUT2D eigenvalue weighted by Crippen LogP contribution is -2.66. The van der Waals surface area contributed by atoms with E-state index in [1.165, 1.54) is 0 Å². The Morgan fingerprint density at radius 1 is 0.810 bits per heavy atom. The smallest absolute Gasteiger partial charge is 0.335 e. The maximum atomic E-state index is 13.7. The SMILES string of the molecule is CC1=CC[C@@H]([C@@H](C)[C@H]2CC[C@@]3(C)[C@@H]4CC[C@H]5[C@](C)(C(=O)O)[C@@H](O[C@@H]6O[C@H](C(=O)O)[C@@H](O)[C@H](O)[C@H]6O[C@@H]6O[C@H](CO)[C@@H](O)[C@H](O)[C@H]6O)CC[C@@]56C[C@@]46CC[C@]23C)OC1=O. The van der Waals surface area contributed by atoms with E-state index in [0.717, 1.165) is 44.9 Å². The Labute approximate surface area is 337 Å². The molecule has 0 aromatic heterocycles. The van der Waals surface area contributed by atoms with Gasteiger partial charge in [-0.25, -0.2) is 9.59 Å². The van der Waals surface area contributed by atoms with Gasteiger partial charge in [0.05, 0.1) is 18.1 Å². The summed E-state index contributed by atoms with van der Waals surface area (Å²) in [4.78, 5) is 38.4. The first kappa shape index (κ1) is 42.4. The summed E-state index contributed by atoms with van der Waals surface area (Å²) in [5.41, 5.74) is -1.11. The molecule has 8 rings (SSSR count). The summed E-state index contributed by atoms with van der Waals surface area (Å²) in [7, 11) is 0. The molecule has 2 spiro atoms. The first-order valence-corrected chi connectivity index (χ1v) is 21.2. The van der Waals surface area contributed by atoms with Crippen molar-refractivity contribution in [3.8, 4) is 0 Å². The molecule has 2 saturated heterocycles. The van der Waals surface area contributed by atoms with Crippen molar-refractivity contribution in [3.63, 3.8) is 0 Å². The van der Waals surface area contributed by atoms with Gasteiger partial charge >= 0.3 is 17.9 Å². The van der Waals surface area contributed by atoms with E-state index in [4.69, 9.17) is 23.7 Å². The maximum Gasteiger partial charge on any atom is 0.335 e. The number of hydrogen-bond donors (Lipinski definition) is 8. The summed E-state index contributed by atoms with van der Waals surface area (Å²) in [6, 6.07) is 0. The van der Waals surface area contributed by atoms with E-state index >= 15 is 0 Å². The van der Waals surface area contributed by atoms with E-state index in [0.29, 0.717) is 30.3 Å². The lowest BCUT2D eigenvalue weighted by atomic mass is 9.41. The van der Waals surface area contributed by atoms with Crippen LogP contribution in [0.25, 0.3) is 0 Å². The average Bonchev–Trinajstić information content (AvgIpc) is 3.77. The Hall–Kier alpha value is -2.25. The van der Waals surface area contributed by atoms with E-state index in [1.54, 1.807) is 13.8 Å². The monoisotopic (exact) mass is 822 g/mol. The molecule has 0 amide bonds.